The van der Waals surface area contributed by atoms with Gasteiger partial charge in [-0.3, -0.25) is 0 Å². The molecule has 78 valence electrons. The fraction of sp³-hybridized carbons (Fsp3) is 0.455. The number of hydrogen-bond acceptors (Lipinski definition) is 2. The van der Waals surface area contributed by atoms with Gasteiger partial charge in [-0.2, -0.15) is 0 Å². The average molecular weight is 210 g/mol. The molecule has 0 amide bonds. The van der Waals surface area contributed by atoms with Gasteiger partial charge in [0.2, 0.25) is 0 Å². The number of benzene rings is 1. The highest BCUT2D eigenvalue weighted by atomic mass is 28.3. The first kappa shape index (κ1) is 11.4. The zero-order valence-electron chi connectivity index (χ0n) is 8.90. The van der Waals surface area contributed by atoms with Crippen molar-refractivity contribution >= 4 is 9.28 Å². The van der Waals surface area contributed by atoms with E-state index in [4.69, 9.17) is 8.85 Å². The molecular formula is C11H18O2Si. The summed E-state index contributed by atoms with van der Waals surface area (Å²) in [6.07, 6.45) is 0. The Balaban J connectivity index is 2.46. The lowest BCUT2D eigenvalue weighted by Crippen LogP contribution is -2.26. The van der Waals surface area contributed by atoms with Gasteiger partial charge in [-0.1, -0.05) is 30.3 Å². The first-order valence-corrected chi connectivity index (χ1v) is 6.89. The number of hydrogen-bond donors (Lipinski definition) is 0. The molecule has 0 bridgehead atoms. The lowest BCUT2D eigenvalue weighted by atomic mass is 10.2. The summed E-state index contributed by atoms with van der Waals surface area (Å²) in [7, 11) is -1.46. The molecule has 2 nitrogen and oxygen atoms in total. The van der Waals surface area contributed by atoms with Crippen molar-refractivity contribution in [3.63, 3.8) is 0 Å². The first-order chi connectivity index (χ1) is 6.86. The highest BCUT2D eigenvalue weighted by molar-refractivity contribution is 6.43. The van der Waals surface area contributed by atoms with Gasteiger partial charge < -0.3 is 8.85 Å². The summed E-state index contributed by atoms with van der Waals surface area (Å²) < 4.78 is 11.2. The second-order valence-corrected chi connectivity index (χ2v) is 4.96. The maximum Gasteiger partial charge on any atom is 0.325 e. The Kier molecular flexibility index (Phi) is 5.52. The van der Waals surface area contributed by atoms with Crippen LogP contribution >= 0.6 is 0 Å². The van der Waals surface area contributed by atoms with E-state index in [9.17, 15) is 0 Å². The van der Waals surface area contributed by atoms with Gasteiger partial charge in [-0.25, -0.2) is 0 Å². The van der Waals surface area contributed by atoms with Crippen molar-refractivity contribution in [2.75, 3.05) is 13.2 Å². The molecule has 0 fully saturated rings. The first-order valence-electron chi connectivity index (χ1n) is 5.14. The molecule has 0 atom stereocenters. The molecule has 0 N–H and O–H groups in total. The van der Waals surface area contributed by atoms with Crippen molar-refractivity contribution in [1.29, 1.82) is 0 Å². The van der Waals surface area contributed by atoms with Crippen LogP contribution in [0, 0.1) is 0 Å². The molecule has 0 aliphatic heterocycles. The molecule has 1 rings (SSSR count). The minimum absolute atomic E-state index is 0.754. The predicted octanol–water partition coefficient (Wildman–Crippen LogP) is 2.06. The quantitative estimate of drug-likeness (QED) is 0.669. The van der Waals surface area contributed by atoms with Crippen LogP contribution in [0.5, 0.6) is 0 Å². The lowest BCUT2D eigenvalue weighted by Gasteiger charge is -2.14. The van der Waals surface area contributed by atoms with Crippen LogP contribution in [0.25, 0.3) is 0 Å². The van der Waals surface area contributed by atoms with Crippen LogP contribution in [0.1, 0.15) is 19.4 Å². The van der Waals surface area contributed by atoms with E-state index in [-0.39, 0.29) is 0 Å². The van der Waals surface area contributed by atoms with Crippen LogP contribution in [0.2, 0.25) is 0 Å². The fourth-order valence-electron chi connectivity index (χ4n) is 1.34. The minimum atomic E-state index is -1.46. The van der Waals surface area contributed by atoms with Gasteiger partial charge in [0.1, 0.15) is 0 Å². The Hall–Kier alpha value is -0.643. The summed E-state index contributed by atoms with van der Waals surface area (Å²) >= 11 is 0. The average Bonchev–Trinajstić information content (AvgIpc) is 2.20. The molecule has 0 saturated carbocycles. The third-order valence-corrected chi connectivity index (χ3v) is 4.17. The molecule has 0 radical (unpaired) electrons. The molecule has 1 aromatic carbocycles. The van der Waals surface area contributed by atoms with E-state index >= 15 is 0 Å². The zero-order chi connectivity index (χ0) is 10.2. The second-order valence-electron chi connectivity index (χ2n) is 3.03. The van der Waals surface area contributed by atoms with Gasteiger partial charge in [0.15, 0.2) is 0 Å². The molecular weight excluding hydrogens is 192 g/mol. The highest BCUT2D eigenvalue weighted by Gasteiger charge is 2.12. The lowest BCUT2D eigenvalue weighted by molar-refractivity contribution is 0.213. The Morgan fingerprint density at radius 3 is 2.07 bits per heavy atom. The Morgan fingerprint density at radius 2 is 1.57 bits per heavy atom. The van der Waals surface area contributed by atoms with Crippen molar-refractivity contribution in [2.24, 2.45) is 0 Å². The molecule has 0 unspecified atom stereocenters. The van der Waals surface area contributed by atoms with E-state index in [1.807, 2.05) is 19.9 Å². The molecule has 3 heteroatoms. The summed E-state index contributed by atoms with van der Waals surface area (Å²) in [5, 5.41) is 0. The third-order valence-electron chi connectivity index (χ3n) is 1.95. The van der Waals surface area contributed by atoms with Crippen molar-refractivity contribution in [1.82, 2.24) is 0 Å². The van der Waals surface area contributed by atoms with Crippen LogP contribution in [0.3, 0.4) is 0 Å². The van der Waals surface area contributed by atoms with E-state index in [1.54, 1.807) is 0 Å². The normalized spacial score (nSPS) is 10.8. The predicted molar refractivity (Wildman–Crippen MR) is 60.5 cm³/mol. The molecule has 1 aromatic rings. The molecule has 0 aliphatic carbocycles. The van der Waals surface area contributed by atoms with Crippen molar-refractivity contribution < 1.29 is 8.85 Å². The monoisotopic (exact) mass is 210 g/mol. The van der Waals surface area contributed by atoms with E-state index in [0.717, 1.165) is 19.3 Å². The summed E-state index contributed by atoms with van der Waals surface area (Å²) in [4.78, 5) is 0. The van der Waals surface area contributed by atoms with Crippen LogP contribution < -0.4 is 0 Å². The van der Waals surface area contributed by atoms with E-state index in [1.165, 1.54) is 5.56 Å². The molecule has 14 heavy (non-hydrogen) atoms. The van der Waals surface area contributed by atoms with Crippen LogP contribution in [-0.4, -0.2) is 22.5 Å². The summed E-state index contributed by atoms with van der Waals surface area (Å²) in [6, 6.07) is 11.3. The second kappa shape index (κ2) is 6.76. The topological polar surface area (TPSA) is 18.5 Å². The summed E-state index contributed by atoms with van der Waals surface area (Å²) in [6.45, 7) is 5.54. The Morgan fingerprint density at radius 1 is 1.00 bits per heavy atom. The summed E-state index contributed by atoms with van der Waals surface area (Å²) in [5.74, 6) is 0. The fourth-order valence-corrected chi connectivity index (χ4v) is 3.08. The van der Waals surface area contributed by atoms with Gasteiger partial charge in [-0.15, -0.1) is 0 Å². The van der Waals surface area contributed by atoms with Crippen LogP contribution in [0.4, 0.5) is 0 Å². The molecule has 0 aliphatic rings. The molecule has 0 saturated heterocycles. The summed E-state index contributed by atoms with van der Waals surface area (Å²) in [5.41, 5.74) is 1.31. The van der Waals surface area contributed by atoms with E-state index in [0.29, 0.717) is 0 Å². The van der Waals surface area contributed by atoms with E-state index in [2.05, 4.69) is 24.3 Å². The largest absolute Gasteiger partial charge is 0.397 e. The maximum atomic E-state index is 5.60. The SMILES string of the molecule is CCO[SiH](Cc1ccccc1)OCC. The van der Waals surface area contributed by atoms with Gasteiger partial charge >= 0.3 is 9.28 Å². The Bertz CT molecular complexity index is 232. The standard InChI is InChI=1S/C11H18O2Si/c1-3-12-14(13-4-2)10-11-8-6-5-7-9-11/h5-9,14H,3-4,10H2,1-2H3. The molecule has 0 heterocycles. The highest BCUT2D eigenvalue weighted by Crippen LogP contribution is 2.04. The smallest absolute Gasteiger partial charge is 0.325 e. The van der Waals surface area contributed by atoms with Crippen LogP contribution in [-0.2, 0) is 14.9 Å². The zero-order valence-corrected chi connectivity index (χ0v) is 10.1. The van der Waals surface area contributed by atoms with Crippen molar-refractivity contribution in [3.05, 3.63) is 35.9 Å². The number of rotatable bonds is 6. The molecule has 0 aromatic heterocycles. The van der Waals surface area contributed by atoms with Gasteiger partial charge in [0.25, 0.3) is 0 Å². The Labute approximate surface area is 87.7 Å². The maximum absolute atomic E-state index is 5.60. The molecule has 0 spiro atoms. The van der Waals surface area contributed by atoms with E-state index < -0.39 is 9.28 Å². The van der Waals surface area contributed by atoms with Gasteiger partial charge in [-0.05, 0) is 19.4 Å². The van der Waals surface area contributed by atoms with Crippen molar-refractivity contribution in [2.45, 2.75) is 19.9 Å². The third kappa shape index (κ3) is 4.04. The van der Waals surface area contributed by atoms with Gasteiger partial charge in [0.05, 0.1) is 0 Å². The van der Waals surface area contributed by atoms with Crippen LogP contribution in [0.15, 0.2) is 30.3 Å². The van der Waals surface area contributed by atoms with Gasteiger partial charge in [0, 0.05) is 19.3 Å². The minimum Gasteiger partial charge on any atom is -0.397 e. The van der Waals surface area contributed by atoms with Crippen molar-refractivity contribution in [3.8, 4) is 0 Å².